The van der Waals surface area contributed by atoms with Crippen molar-refractivity contribution in [2.45, 2.75) is 13.8 Å². The van der Waals surface area contributed by atoms with Gasteiger partial charge in [0.15, 0.2) is 10.8 Å². The summed E-state index contributed by atoms with van der Waals surface area (Å²) in [4.78, 5) is 4.75. The second-order valence-electron chi connectivity index (χ2n) is 6.13. The molecule has 5 rings (SSSR count). The molecule has 0 bridgehead atoms. The summed E-state index contributed by atoms with van der Waals surface area (Å²) in [5.41, 5.74) is 4.75. The van der Waals surface area contributed by atoms with Crippen LogP contribution in [0.15, 0.2) is 48.8 Å². The van der Waals surface area contributed by atoms with Crippen LogP contribution in [0.1, 0.15) is 11.3 Å². The summed E-state index contributed by atoms with van der Waals surface area (Å²) < 4.78 is 3.56. The zero-order chi connectivity index (χ0) is 18.4. The standard InChI is InChI=1S/C18H14N8S/c1-11-3-5-14(6-4-11)25-12(2)15(20-24-25)17-23-26-16(21-22-18(26)27-17)13-7-9-19-10-8-13/h3-10H,1-2H3. The minimum absolute atomic E-state index is 0.679. The number of aromatic nitrogens is 8. The largest absolute Gasteiger partial charge is 0.265 e. The van der Waals surface area contributed by atoms with Gasteiger partial charge >= 0.3 is 0 Å². The van der Waals surface area contributed by atoms with E-state index in [1.54, 1.807) is 16.9 Å². The lowest BCUT2D eigenvalue weighted by molar-refractivity contribution is 0.785. The zero-order valence-electron chi connectivity index (χ0n) is 14.6. The number of fused-ring (bicyclic) bond motifs is 1. The van der Waals surface area contributed by atoms with E-state index < -0.39 is 0 Å². The summed E-state index contributed by atoms with van der Waals surface area (Å²) in [6, 6.07) is 11.9. The summed E-state index contributed by atoms with van der Waals surface area (Å²) in [5, 5.41) is 22.6. The summed E-state index contributed by atoms with van der Waals surface area (Å²) in [6.45, 7) is 4.05. The zero-order valence-corrected chi connectivity index (χ0v) is 15.4. The topological polar surface area (TPSA) is 86.7 Å². The third kappa shape index (κ3) is 2.59. The van der Waals surface area contributed by atoms with Crippen LogP contribution >= 0.6 is 11.3 Å². The highest BCUT2D eigenvalue weighted by Gasteiger charge is 2.19. The Hall–Kier alpha value is -3.46. The molecule has 27 heavy (non-hydrogen) atoms. The number of rotatable bonds is 3. The highest BCUT2D eigenvalue weighted by atomic mass is 32.1. The maximum absolute atomic E-state index is 4.68. The minimum Gasteiger partial charge on any atom is -0.265 e. The van der Waals surface area contributed by atoms with Crippen molar-refractivity contribution in [3.8, 4) is 27.8 Å². The summed E-state index contributed by atoms with van der Waals surface area (Å²) >= 11 is 1.44. The fourth-order valence-corrected chi connectivity index (χ4v) is 3.73. The van der Waals surface area contributed by atoms with Gasteiger partial charge in [-0.05, 0) is 38.1 Å². The van der Waals surface area contributed by atoms with E-state index in [2.05, 4.69) is 49.6 Å². The molecule has 0 unspecified atom stereocenters. The van der Waals surface area contributed by atoms with Gasteiger partial charge in [-0.25, -0.2) is 4.68 Å². The maximum atomic E-state index is 4.68. The Kier molecular flexibility index (Phi) is 3.54. The van der Waals surface area contributed by atoms with E-state index in [9.17, 15) is 0 Å². The molecule has 4 aromatic heterocycles. The Morgan fingerprint density at radius 2 is 1.67 bits per heavy atom. The fourth-order valence-electron chi connectivity index (χ4n) is 2.85. The van der Waals surface area contributed by atoms with Gasteiger partial charge in [0.05, 0.1) is 11.4 Å². The number of hydrogen-bond acceptors (Lipinski definition) is 7. The van der Waals surface area contributed by atoms with Gasteiger partial charge < -0.3 is 0 Å². The first-order chi connectivity index (χ1) is 13.2. The molecule has 0 saturated carbocycles. The van der Waals surface area contributed by atoms with Crippen LogP contribution in [0.4, 0.5) is 0 Å². The first-order valence-corrected chi connectivity index (χ1v) is 9.15. The van der Waals surface area contributed by atoms with Crippen LogP contribution < -0.4 is 0 Å². The van der Waals surface area contributed by atoms with E-state index in [1.165, 1.54) is 16.9 Å². The third-order valence-electron chi connectivity index (χ3n) is 4.31. The molecule has 9 heteroatoms. The monoisotopic (exact) mass is 374 g/mol. The van der Waals surface area contributed by atoms with Crippen LogP contribution in [0.5, 0.6) is 0 Å². The van der Waals surface area contributed by atoms with E-state index in [1.807, 2.05) is 35.9 Å². The highest BCUT2D eigenvalue weighted by molar-refractivity contribution is 7.19. The van der Waals surface area contributed by atoms with Crippen molar-refractivity contribution < 1.29 is 0 Å². The van der Waals surface area contributed by atoms with Crippen molar-refractivity contribution in [3.63, 3.8) is 0 Å². The lowest BCUT2D eigenvalue weighted by Crippen LogP contribution is -1.99. The molecule has 0 atom stereocenters. The van der Waals surface area contributed by atoms with Crippen LogP contribution in [-0.2, 0) is 0 Å². The van der Waals surface area contributed by atoms with Gasteiger partial charge in [-0.3, -0.25) is 4.98 Å². The Morgan fingerprint density at radius 3 is 2.44 bits per heavy atom. The molecule has 0 radical (unpaired) electrons. The van der Waals surface area contributed by atoms with Crippen LogP contribution in [-0.4, -0.2) is 39.8 Å². The summed E-state index contributed by atoms with van der Waals surface area (Å²) in [7, 11) is 0. The molecule has 0 aliphatic rings. The lowest BCUT2D eigenvalue weighted by Gasteiger charge is -2.03. The smallest absolute Gasteiger partial charge is 0.235 e. The molecule has 0 aliphatic heterocycles. The Balaban J connectivity index is 1.59. The van der Waals surface area contributed by atoms with E-state index >= 15 is 0 Å². The van der Waals surface area contributed by atoms with Crippen molar-refractivity contribution in [2.75, 3.05) is 0 Å². The molecule has 132 valence electrons. The fraction of sp³-hybridized carbons (Fsp3) is 0.111. The van der Waals surface area contributed by atoms with Gasteiger partial charge in [-0.1, -0.05) is 34.2 Å². The molecule has 8 nitrogen and oxygen atoms in total. The number of aryl methyl sites for hydroxylation is 1. The Labute approximate surface area is 158 Å². The van der Waals surface area contributed by atoms with Gasteiger partial charge in [0.25, 0.3) is 0 Å². The van der Waals surface area contributed by atoms with E-state index in [0.717, 1.165) is 27.6 Å². The predicted molar refractivity (Wildman–Crippen MR) is 102 cm³/mol. The van der Waals surface area contributed by atoms with Crippen LogP contribution in [0.2, 0.25) is 0 Å². The van der Waals surface area contributed by atoms with Crippen molar-refractivity contribution >= 4 is 16.3 Å². The molecule has 5 aromatic rings. The lowest BCUT2D eigenvalue weighted by atomic mass is 10.2. The maximum Gasteiger partial charge on any atom is 0.235 e. The molecule has 0 amide bonds. The third-order valence-corrected chi connectivity index (χ3v) is 5.21. The van der Waals surface area contributed by atoms with Gasteiger partial charge in [0.1, 0.15) is 5.69 Å². The predicted octanol–water partition coefficient (Wildman–Crippen LogP) is 3.11. The molecule has 1 aromatic carbocycles. The first-order valence-electron chi connectivity index (χ1n) is 8.33. The van der Waals surface area contributed by atoms with Crippen LogP contribution in [0.25, 0.3) is 32.7 Å². The number of benzene rings is 1. The molecule has 0 N–H and O–H groups in total. The van der Waals surface area contributed by atoms with Crippen molar-refractivity contribution in [1.29, 1.82) is 0 Å². The number of hydrogen-bond donors (Lipinski definition) is 0. The Bertz CT molecular complexity index is 1230. The van der Waals surface area contributed by atoms with E-state index in [-0.39, 0.29) is 0 Å². The second-order valence-corrected chi connectivity index (χ2v) is 7.09. The average Bonchev–Trinajstić information content (AvgIpc) is 3.37. The first kappa shape index (κ1) is 15.8. The molecular weight excluding hydrogens is 360 g/mol. The van der Waals surface area contributed by atoms with E-state index in [4.69, 9.17) is 0 Å². The number of nitrogens with zero attached hydrogens (tertiary/aromatic N) is 8. The molecule has 4 heterocycles. The van der Waals surface area contributed by atoms with Gasteiger partial charge in [0, 0.05) is 18.0 Å². The molecule has 0 aliphatic carbocycles. The SMILES string of the molecule is Cc1ccc(-n2nnc(-c3nn4c(-c5ccncc5)nnc4s3)c2C)cc1. The molecule has 0 saturated heterocycles. The highest BCUT2D eigenvalue weighted by Crippen LogP contribution is 2.29. The molecule has 0 spiro atoms. The number of pyridine rings is 1. The van der Waals surface area contributed by atoms with Gasteiger partial charge in [0.2, 0.25) is 4.96 Å². The Morgan fingerprint density at radius 1 is 0.889 bits per heavy atom. The second kappa shape index (κ2) is 6.06. The van der Waals surface area contributed by atoms with Crippen LogP contribution in [0, 0.1) is 13.8 Å². The van der Waals surface area contributed by atoms with Gasteiger partial charge in [-0.2, -0.15) is 9.61 Å². The van der Waals surface area contributed by atoms with E-state index in [0.29, 0.717) is 10.8 Å². The summed E-state index contributed by atoms with van der Waals surface area (Å²) in [5.74, 6) is 0.679. The molecule has 0 fully saturated rings. The average molecular weight is 374 g/mol. The van der Waals surface area contributed by atoms with Gasteiger partial charge in [-0.15, -0.1) is 15.3 Å². The normalized spacial score (nSPS) is 11.3. The van der Waals surface area contributed by atoms with Crippen LogP contribution in [0.3, 0.4) is 0 Å². The van der Waals surface area contributed by atoms with Crippen molar-refractivity contribution in [3.05, 3.63) is 60.0 Å². The van der Waals surface area contributed by atoms with Crippen molar-refractivity contribution in [1.82, 2.24) is 39.8 Å². The van der Waals surface area contributed by atoms with Crippen molar-refractivity contribution in [2.24, 2.45) is 0 Å². The minimum atomic E-state index is 0.679. The summed E-state index contributed by atoms with van der Waals surface area (Å²) in [6.07, 6.45) is 3.45. The molecular formula is C18H14N8S. The quantitative estimate of drug-likeness (QED) is 0.482.